The first-order valence-corrected chi connectivity index (χ1v) is 8.82. The lowest BCUT2D eigenvalue weighted by atomic mass is 10.1. The number of carbonyl (C=O) groups excluding carboxylic acids is 3. The fourth-order valence-electron chi connectivity index (χ4n) is 2.37. The third kappa shape index (κ3) is 5.84. The van der Waals surface area contributed by atoms with Crippen LogP contribution in [0.5, 0.6) is 11.5 Å². The van der Waals surface area contributed by atoms with Crippen molar-refractivity contribution < 1.29 is 28.6 Å². The predicted molar refractivity (Wildman–Crippen MR) is 104 cm³/mol. The highest BCUT2D eigenvalue weighted by atomic mass is 16.6. The van der Waals surface area contributed by atoms with Gasteiger partial charge in [-0.2, -0.15) is 0 Å². The van der Waals surface area contributed by atoms with Gasteiger partial charge in [-0.3, -0.25) is 9.59 Å². The van der Waals surface area contributed by atoms with E-state index in [0.717, 1.165) is 12.0 Å². The molecular weight excluding hydrogens is 362 g/mol. The molecule has 0 aromatic heterocycles. The summed E-state index contributed by atoms with van der Waals surface area (Å²) in [6.45, 7) is 3.12. The van der Waals surface area contributed by atoms with Crippen molar-refractivity contribution in [3.63, 3.8) is 0 Å². The zero-order valence-electron chi connectivity index (χ0n) is 16.1. The number of ether oxygens (including phenoxy) is 3. The molecule has 7 nitrogen and oxygen atoms in total. The molecular formula is C21H23NO6. The topological polar surface area (TPSA) is 90.9 Å². The zero-order chi connectivity index (χ0) is 20.5. The standard InChI is InChI=1S/C21H23NO6/c1-4-15-5-8-17(9-6-15)22-21(25)14(2)28-20(24)13-27-18-10-7-16(12-23)11-19(18)26-3/h5-12,14H,4,13H2,1-3H3,(H,22,25)/t14-/m0/s1. The summed E-state index contributed by atoms with van der Waals surface area (Å²) in [5.74, 6) is -0.534. The first kappa shape index (κ1) is 21.0. The molecule has 1 amide bonds. The molecule has 2 rings (SSSR count). The van der Waals surface area contributed by atoms with Gasteiger partial charge < -0.3 is 19.5 Å². The minimum atomic E-state index is -0.985. The number of aryl methyl sites for hydroxylation is 1. The highest BCUT2D eigenvalue weighted by Crippen LogP contribution is 2.27. The summed E-state index contributed by atoms with van der Waals surface area (Å²) in [6.07, 6.45) is 0.600. The molecule has 2 aromatic carbocycles. The summed E-state index contributed by atoms with van der Waals surface area (Å²) in [4.78, 5) is 34.9. The Morgan fingerprint density at radius 2 is 1.82 bits per heavy atom. The normalized spacial score (nSPS) is 11.2. The summed E-state index contributed by atoms with van der Waals surface area (Å²) < 4.78 is 15.6. The summed E-state index contributed by atoms with van der Waals surface area (Å²) in [5, 5.41) is 2.69. The minimum Gasteiger partial charge on any atom is -0.493 e. The van der Waals surface area contributed by atoms with Gasteiger partial charge in [-0.05, 0) is 49.2 Å². The van der Waals surface area contributed by atoms with E-state index in [0.29, 0.717) is 23.3 Å². The molecule has 0 aliphatic carbocycles. The molecule has 0 saturated heterocycles. The first-order valence-electron chi connectivity index (χ1n) is 8.82. The minimum absolute atomic E-state index is 0.290. The highest BCUT2D eigenvalue weighted by Gasteiger charge is 2.19. The molecule has 0 bridgehead atoms. The lowest BCUT2D eigenvalue weighted by Crippen LogP contribution is -2.31. The van der Waals surface area contributed by atoms with E-state index in [1.54, 1.807) is 12.1 Å². The van der Waals surface area contributed by atoms with Crippen LogP contribution in [0.2, 0.25) is 0 Å². The Morgan fingerprint density at radius 3 is 2.43 bits per heavy atom. The molecule has 0 aliphatic rings. The smallest absolute Gasteiger partial charge is 0.344 e. The van der Waals surface area contributed by atoms with Gasteiger partial charge in [0.25, 0.3) is 5.91 Å². The summed E-state index contributed by atoms with van der Waals surface area (Å²) in [7, 11) is 1.43. The van der Waals surface area contributed by atoms with E-state index in [2.05, 4.69) is 5.32 Å². The van der Waals surface area contributed by atoms with Crippen molar-refractivity contribution in [2.75, 3.05) is 19.0 Å². The number of methoxy groups -OCH3 is 1. The highest BCUT2D eigenvalue weighted by molar-refractivity contribution is 5.95. The summed E-state index contributed by atoms with van der Waals surface area (Å²) in [6, 6.07) is 12.0. The quantitative estimate of drug-likeness (QED) is 0.527. The second-order valence-corrected chi connectivity index (χ2v) is 5.99. The van der Waals surface area contributed by atoms with Crippen LogP contribution in [0.1, 0.15) is 29.8 Å². The average Bonchev–Trinajstić information content (AvgIpc) is 2.72. The van der Waals surface area contributed by atoms with Crippen LogP contribution >= 0.6 is 0 Å². The van der Waals surface area contributed by atoms with E-state index < -0.39 is 24.6 Å². The van der Waals surface area contributed by atoms with E-state index in [1.807, 2.05) is 19.1 Å². The number of benzene rings is 2. The SMILES string of the molecule is CCc1ccc(NC(=O)[C@H](C)OC(=O)COc2ccc(C=O)cc2OC)cc1. The van der Waals surface area contributed by atoms with Gasteiger partial charge in [0, 0.05) is 11.3 Å². The van der Waals surface area contributed by atoms with Crippen molar-refractivity contribution in [2.24, 2.45) is 0 Å². The fraction of sp³-hybridized carbons (Fsp3) is 0.286. The molecule has 148 valence electrons. The van der Waals surface area contributed by atoms with Gasteiger partial charge in [0.15, 0.2) is 24.2 Å². The molecule has 0 saturated carbocycles. The Hall–Kier alpha value is -3.35. The molecule has 0 spiro atoms. The fourth-order valence-corrected chi connectivity index (χ4v) is 2.37. The Labute approximate surface area is 163 Å². The largest absolute Gasteiger partial charge is 0.493 e. The zero-order valence-corrected chi connectivity index (χ0v) is 16.1. The van der Waals surface area contributed by atoms with Crippen molar-refractivity contribution in [1.82, 2.24) is 0 Å². The molecule has 0 heterocycles. The van der Waals surface area contributed by atoms with Crippen LogP contribution < -0.4 is 14.8 Å². The van der Waals surface area contributed by atoms with E-state index in [4.69, 9.17) is 14.2 Å². The third-order valence-corrected chi connectivity index (χ3v) is 3.98. The van der Waals surface area contributed by atoms with Crippen LogP contribution in [-0.4, -0.2) is 38.0 Å². The number of hydrogen-bond donors (Lipinski definition) is 1. The Morgan fingerprint density at radius 1 is 1.11 bits per heavy atom. The van der Waals surface area contributed by atoms with Crippen LogP contribution in [-0.2, 0) is 20.7 Å². The van der Waals surface area contributed by atoms with Gasteiger partial charge in [0.1, 0.15) is 6.29 Å². The Kier molecular flexibility index (Phi) is 7.56. The number of rotatable bonds is 9. The van der Waals surface area contributed by atoms with Crippen LogP contribution in [0.25, 0.3) is 0 Å². The van der Waals surface area contributed by atoms with E-state index in [9.17, 15) is 14.4 Å². The molecule has 2 aromatic rings. The molecule has 1 atom stereocenters. The maximum Gasteiger partial charge on any atom is 0.344 e. The number of hydrogen-bond acceptors (Lipinski definition) is 6. The monoisotopic (exact) mass is 385 g/mol. The molecule has 28 heavy (non-hydrogen) atoms. The molecule has 1 N–H and O–H groups in total. The third-order valence-electron chi connectivity index (χ3n) is 3.98. The van der Waals surface area contributed by atoms with E-state index in [-0.39, 0.29) is 5.75 Å². The molecule has 7 heteroatoms. The Balaban J connectivity index is 1.86. The van der Waals surface area contributed by atoms with Gasteiger partial charge in [0.2, 0.25) is 0 Å². The van der Waals surface area contributed by atoms with Crippen molar-refractivity contribution in [3.05, 3.63) is 53.6 Å². The number of esters is 1. The number of anilines is 1. The van der Waals surface area contributed by atoms with Crippen molar-refractivity contribution >= 4 is 23.9 Å². The second-order valence-electron chi connectivity index (χ2n) is 5.99. The van der Waals surface area contributed by atoms with E-state index >= 15 is 0 Å². The molecule has 0 radical (unpaired) electrons. The van der Waals surface area contributed by atoms with Crippen LogP contribution in [0, 0.1) is 0 Å². The van der Waals surface area contributed by atoms with Crippen LogP contribution in [0.4, 0.5) is 5.69 Å². The lowest BCUT2D eigenvalue weighted by molar-refractivity contribution is -0.155. The predicted octanol–water partition coefficient (Wildman–Crippen LogP) is 3.02. The van der Waals surface area contributed by atoms with Crippen molar-refractivity contribution in [3.8, 4) is 11.5 Å². The average molecular weight is 385 g/mol. The summed E-state index contributed by atoms with van der Waals surface area (Å²) in [5.41, 5.74) is 2.21. The van der Waals surface area contributed by atoms with Gasteiger partial charge in [-0.15, -0.1) is 0 Å². The number of aldehydes is 1. The molecule has 0 aliphatic heterocycles. The second kappa shape index (κ2) is 10.1. The van der Waals surface area contributed by atoms with Crippen molar-refractivity contribution in [1.29, 1.82) is 0 Å². The van der Waals surface area contributed by atoms with Crippen LogP contribution in [0.15, 0.2) is 42.5 Å². The first-order chi connectivity index (χ1) is 13.5. The number of nitrogens with one attached hydrogen (secondary N) is 1. The molecule has 0 fully saturated rings. The van der Waals surface area contributed by atoms with Crippen LogP contribution in [0.3, 0.4) is 0 Å². The maximum atomic E-state index is 12.2. The van der Waals surface area contributed by atoms with Crippen molar-refractivity contribution in [2.45, 2.75) is 26.4 Å². The maximum absolute atomic E-state index is 12.2. The van der Waals surface area contributed by atoms with Gasteiger partial charge in [0.05, 0.1) is 7.11 Å². The number of carbonyl (C=O) groups is 3. The van der Waals surface area contributed by atoms with Gasteiger partial charge in [-0.1, -0.05) is 19.1 Å². The molecule has 0 unspecified atom stereocenters. The summed E-state index contributed by atoms with van der Waals surface area (Å²) >= 11 is 0. The van der Waals surface area contributed by atoms with E-state index in [1.165, 1.54) is 32.2 Å². The number of amides is 1. The van der Waals surface area contributed by atoms with Gasteiger partial charge >= 0.3 is 5.97 Å². The lowest BCUT2D eigenvalue weighted by Gasteiger charge is -2.15. The Bertz CT molecular complexity index is 831. The van der Waals surface area contributed by atoms with Gasteiger partial charge in [-0.25, -0.2) is 4.79 Å².